The molecule has 3 nitrogen and oxygen atoms in total. The van der Waals surface area contributed by atoms with Crippen LogP contribution in [-0.2, 0) is 0 Å². The van der Waals surface area contributed by atoms with Crippen LogP contribution in [0, 0.1) is 0 Å². The van der Waals surface area contributed by atoms with Crippen LogP contribution in [0.3, 0.4) is 0 Å². The van der Waals surface area contributed by atoms with Gasteiger partial charge < -0.3 is 14.8 Å². The van der Waals surface area contributed by atoms with Gasteiger partial charge in [-0.25, -0.2) is 0 Å². The molecule has 0 radical (unpaired) electrons. The lowest BCUT2D eigenvalue weighted by atomic mass is 9.78. The van der Waals surface area contributed by atoms with Gasteiger partial charge in [0.1, 0.15) is 5.75 Å². The Morgan fingerprint density at radius 1 is 0.895 bits per heavy atom. The Bertz CT molecular complexity index is 753. The molecule has 94 valence electrons. The van der Waals surface area contributed by atoms with Crippen molar-refractivity contribution in [2.45, 2.75) is 0 Å². The van der Waals surface area contributed by atoms with Crippen molar-refractivity contribution in [1.29, 1.82) is 0 Å². The molecule has 0 aliphatic carbocycles. The van der Waals surface area contributed by atoms with Gasteiger partial charge in [0.25, 0.3) is 0 Å². The summed E-state index contributed by atoms with van der Waals surface area (Å²) in [7, 11) is -0.0103. The van der Waals surface area contributed by atoms with E-state index in [1.165, 1.54) is 7.11 Å². The number of fused-ring (bicyclic) bond motifs is 3. The zero-order valence-electron chi connectivity index (χ0n) is 10.5. The predicted molar refractivity (Wildman–Crippen MR) is 77.8 cm³/mol. The molecule has 3 aromatic carbocycles. The lowest BCUT2D eigenvalue weighted by Gasteiger charge is -2.11. The van der Waals surface area contributed by atoms with Crippen molar-refractivity contribution in [1.82, 2.24) is 0 Å². The standard InChI is InChI=1S/C15H13BO3/c1-19-15-9-13-11(8-14(15)16(17)18)7-6-10-4-2-3-5-12(10)13/h2-9,17-18H,1H3. The van der Waals surface area contributed by atoms with E-state index in [-0.39, 0.29) is 0 Å². The summed E-state index contributed by atoms with van der Waals surface area (Å²) in [6.45, 7) is 0. The number of benzene rings is 3. The lowest BCUT2D eigenvalue weighted by Crippen LogP contribution is -2.31. The molecule has 3 rings (SSSR count). The van der Waals surface area contributed by atoms with Gasteiger partial charge in [-0.1, -0.05) is 42.5 Å². The number of rotatable bonds is 2. The van der Waals surface area contributed by atoms with E-state index in [1.54, 1.807) is 6.07 Å². The molecule has 0 aliphatic rings. The summed E-state index contributed by atoms with van der Waals surface area (Å²) >= 11 is 0. The third-order valence-corrected chi connectivity index (χ3v) is 3.37. The fourth-order valence-electron chi connectivity index (χ4n) is 2.43. The highest BCUT2D eigenvalue weighted by Crippen LogP contribution is 2.27. The normalized spacial score (nSPS) is 10.9. The van der Waals surface area contributed by atoms with Crippen LogP contribution >= 0.6 is 0 Å². The first-order valence-corrected chi connectivity index (χ1v) is 6.06. The minimum atomic E-state index is -1.54. The van der Waals surface area contributed by atoms with Crippen LogP contribution < -0.4 is 10.2 Å². The van der Waals surface area contributed by atoms with Gasteiger partial charge >= 0.3 is 7.12 Å². The molecule has 4 heteroatoms. The van der Waals surface area contributed by atoms with E-state index >= 15 is 0 Å². The molecule has 0 amide bonds. The molecule has 0 spiro atoms. The van der Waals surface area contributed by atoms with Crippen molar-refractivity contribution in [2.24, 2.45) is 0 Å². The summed E-state index contributed by atoms with van der Waals surface area (Å²) in [5.41, 5.74) is 0.380. The number of ether oxygens (including phenoxy) is 1. The number of methoxy groups -OCH3 is 1. The molecule has 0 aliphatic heterocycles. The molecule has 3 aromatic rings. The Labute approximate surface area is 111 Å². The number of hydrogen-bond acceptors (Lipinski definition) is 3. The summed E-state index contributed by atoms with van der Waals surface area (Å²) in [5, 5.41) is 23.0. The topological polar surface area (TPSA) is 49.7 Å². The smallest absolute Gasteiger partial charge is 0.492 e. The molecule has 2 N–H and O–H groups in total. The van der Waals surface area contributed by atoms with Gasteiger partial charge in [0.2, 0.25) is 0 Å². The van der Waals surface area contributed by atoms with E-state index in [9.17, 15) is 10.0 Å². The van der Waals surface area contributed by atoms with Gasteiger partial charge in [-0.05, 0) is 27.6 Å². The van der Waals surface area contributed by atoms with Crippen LogP contribution in [0.5, 0.6) is 5.75 Å². The van der Waals surface area contributed by atoms with E-state index in [0.29, 0.717) is 11.2 Å². The zero-order chi connectivity index (χ0) is 13.4. The quantitative estimate of drug-likeness (QED) is 0.539. The predicted octanol–water partition coefficient (Wildman–Crippen LogP) is 1.68. The summed E-state index contributed by atoms with van der Waals surface area (Å²) in [5.74, 6) is 0.485. The molecule has 0 heterocycles. The molecular weight excluding hydrogens is 239 g/mol. The van der Waals surface area contributed by atoms with Crippen molar-refractivity contribution in [3.8, 4) is 5.75 Å². The maximum Gasteiger partial charge on any atom is 0.492 e. The third-order valence-electron chi connectivity index (χ3n) is 3.37. The summed E-state index contributed by atoms with van der Waals surface area (Å²) in [4.78, 5) is 0. The van der Waals surface area contributed by atoms with Crippen molar-refractivity contribution in [2.75, 3.05) is 7.11 Å². The molecule has 0 saturated heterocycles. The molecular formula is C15H13BO3. The minimum Gasteiger partial charge on any atom is -0.497 e. The third kappa shape index (κ3) is 1.95. The first-order chi connectivity index (χ1) is 9.20. The van der Waals surface area contributed by atoms with E-state index in [1.807, 2.05) is 36.4 Å². The highest BCUT2D eigenvalue weighted by Gasteiger charge is 2.18. The Morgan fingerprint density at radius 3 is 2.37 bits per heavy atom. The molecule has 0 unspecified atom stereocenters. The largest absolute Gasteiger partial charge is 0.497 e. The summed E-state index contributed by atoms with van der Waals surface area (Å²) in [6.07, 6.45) is 0. The Hall–Kier alpha value is -2.04. The molecule has 0 aromatic heterocycles. The van der Waals surface area contributed by atoms with Gasteiger partial charge in [-0.15, -0.1) is 0 Å². The van der Waals surface area contributed by atoms with Crippen LogP contribution in [0.4, 0.5) is 0 Å². The molecule has 0 bridgehead atoms. The van der Waals surface area contributed by atoms with Crippen LogP contribution in [0.2, 0.25) is 0 Å². The van der Waals surface area contributed by atoms with Crippen molar-refractivity contribution < 1.29 is 14.8 Å². The second-order valence-corrected chi connectivity index (χ2v) is 4.48. The highest BCUT2D eigenvalue weighted by molar-refractivity contribution is 6.60. The second kappa shape index (κ2) is 4.57. The maximum absolute atomic E-state index is 9.38. The molecule has 0 fully saturated rings. The average molecular weight is 252 g/mol. The van der Waals surface area contributed by atoms with Gasteiger partial charge in [0, 0.05) is 5.46 Å². The Kier molecular flexibility index (Phi) is 2.89. The van der Waals surface area contributed by atoms with Crippen molar-refractivity contribution in [3.63, 3.8) is 0 Å². The fraction of sp³-hybridized carbons (Fsp3) is 0.0667. The SMILES string of the molecule is COc1cc2c(ccc3ccccc32)cc1B(O)O. The van der Waals surface area contributed by atoms with Crippen LogP contribution in [0.15, 0.2) is 48.5 Å². The Morgan fingerprint density at radius 2 is 1.63 bits per heavy atom. The summed E-state index contributed by atoms with van der Waals surface area (Å²) in [6, 6.07) is 15.7. The monoisotopic (exact) mass is 252 g/mol. The first kappa shape index (κ1) is 12.0. The van der Waals surface area contributed by atoms with Gasteiger partial charge in [0.05, 0.1) is 7.11 Å². The number of hydrogen-bond donors (Lipinski definition) is 2. The highest BCUT2D eigenvalue weighted by atomic mass is 16.5. The van der Waals surface area contributed by atoms with E-state index in [2.05, 4.69) is 6.07 Å². The lowest BCUT2D eigenvalue weighted by molar-refractivity contribution is 0.403. The Balaban J connectivity index is 2.41. The zero-order valence-corrected chi connectivity index (χ0v) is 10.5. The van der Waals surface area contributed by atoms with Gasteiger partial charge in [-0.2, -0.15) is 0 Å². The van der Waals surface area contributed by atoms with Crippen LogP contribution in [0.1, 0.15) is 0 Å². The van der Waals surface area contributed by atoms with Gasteiger partial charge in [-0.3, -0.25) is 0 Å². The fourth-order valence-corrected chi connectivity index (χ4v) is 2.43. The summed E-state index contributed by atoms with van der Waals surface area (Å²) < 4.78 is 5.24. The van der Waals surface area contributed by atoms with E-state index < -0.39 is 7.12 Å². The van der Waals surface area contributed by atoms with Crippen LogP contribution in [-0.4, -0.2) is 24.3 Å². The van der Waals surface area contributed by atoms with E-state index in [0.717, 1.165) is 21.5 Å². The van der Waals surface area contributed by atoms with Gasteiger partial charge in [0.15, 0.2) is 0 Å². The minimum absolute atomic E-state index is 0.380. The van der Waals surface area contributed by atoms with Crippen molar-refractivity contribution in [3.05, 3.63) is 48.5 Å². The van der Waals surface area contributed by atoms with E-state index in [4.69, 9.17) is 4.74 Å². The molecule has 0 atom stereocenters. The van der Waals surface area contributed by atoms with Crippen LogP contribution in [0.25, 0.3) is 21.5 Å². The second-order valence-electron chi connectivity index (χ2n) is 4.48. The first-order valence-electron chi connectivity index (χ1n) is 6.06. The van der Waals surface area contributed by atoms with Crippen molar-refractivity contribution >= 4 is 34.1 Å². The maximum atomic E-state index is 9.38. The molecule has 19 heavy (non-hydrogen) atoms. The average Bonchev–Trinajstić information content (AvgIpc) is 2.45. The molecule has 0 saturated carbocycles.